The quantitative estimate of drug-likeness (QED) is 0.205. The van der Waals surface area contributed by atoms with E-state index in [1.54, 1.807) is 4.52 Å². The van der Waals surface area contributed by atoms with Crippen molar-refractivity contribution < 1.29 is 19.1 Å². The SMILES string of the molecule is Cc1cc(Nc2nc(Sc3ccc(NC(=O)CN4CCC(OP(O)O)C4)cc3)nn3cccc23)n[nH]1. The number of H-pyrrole nitrogens is 1. The molecule has 0 spiro atoms. The van der Waals surface area contributed by atoms with Crippen molar-refractivity contribution in [2.24, 2.45) is 0 Å². The number of likely N-dealkylation sites (tertiary alicyclic amines) is 1. The summed E-state index contributed by atoms with van der Waals surface area (Å²) >= 11 is 1.41. The van der Waals surface area contributed by atoms with E-state index in [4.69, 9.17) is 14.3 Å². The van der Waals surface area contributed by atoms with Crippen LogP contribution in [0, 0.1) is 6.92 Å². The van der Waals surface area contributed by atoms with Gasteiger partial charge >= 0.3 is 8.60 Å². The number of fused-ring (bicyclic) bond motifs is 1. The molecule has 0 radical (unpaired) electrons. The molecule has 1 saturated heterocycles. The van der Waals surface area contributed by atoms with Gasteiger partial charge in [-0.1, -0.05) is 0 Å². The predicted octanol–water partition coefficient (Wildman–Crippen LogP) is 2.90. The van der Waals surface area contributed by atoms with E-state index in [9.17, 15) is 4.79 Å². The van der Waals surface area contributed by atoms with Gasteiger partial charge in [-0.25, -0.2) is 9.50 Å². The molecular formula is C22H25N8O4PS. The Kier molecular flexibility index (Phi) is 7.46. The standard InChI is InChI=1S/C22H25N8O4PS/c1-14-11-19(27-26-14)24-21-18-3-2-9-30(18)28-22(25-21)36-17-6-4-15(5-7-17)23-20(31)13-29-10-8-16(12-29)34-35(32)33/h2-7,9,11,16,32-33H,8,10,12-13H2,1H3,(H,23,31)(H2,24,25,26,27,28). The Morgan fingerprint density at radius 1 is 1.31 bits per heavy atom. The van der Waals surface area contributed by atoms with Crippen molar-refractivity contribution in [2.45, 2.75) is 29.5 Å². The van der Waals surface area contributed by atoms with Gasteiger partial charge in [0.1, 0.15) is 5.52 Å². The second-order valence-corrected chi connectivity index (χ2v) is 10.1. The van der Waals surface area contributed by atoms with Gasteiger partial charge in [0.2, 0.25) is 11.1 Å². The first-order valence-electron chi connectivity index (χ1n) is 11.2. The van der Waals surface area contributed by atoms with Crippen molar-refractivity contribution in [3.63, 3.8) is 0 Å². The van der Waals surface area contributed by atoms with Gasteiger partial charge in [0.25, 0.3) is 0 Å². The topological polar surface area (TPSA) is 153 Å². The van der Waals surface area contributed by atoms with Crippen molar-refractivity contribution in [1.82, 2.24) is 29.7 Å². The van der Waals surface area contributed by atoms with Gasteiger partial charge in [0.05, 0.1) is 12.6 Å². The number of benzene rings is 1. The lowest BCUT2D eigenvalue weighted by Gasteiger charge is -2.16. The number of aromatic amines is 1. The van der Waals surface area contributed by atoms with E-state index >= 15 is 0 Å². The van der Waals surface area contributed by atoms with E-state index in [1.807, 2.05) is 60.5 Å². The smallest absolute Gasteiger partial charge is 0.327 e. The second-order valence-electron chi connectivity index (χ2n) is 8.32. The number of aryl methyl sites for hydroxylation is 1. The largest absolute Gasteiger partial charge is 0.328 e. The second kappa shape index (κ2) is 10.9. The molecule has 36 heavy (non-hydrogen) atoms. The summed E-state index contributed by atoms with van der Waals surface area (Å²) in [5.41, 5.74) is 2.46. The fraction of sp³-hybridized carbons (Fsp3) is 0.273. The van der Waals surface area contributed by atoms with Gasteiger partial charge in [-0.05, 0) is 61.5 Å². The molecule has 1 unspecified atom stereocenters. The molecule has 14 heteroatoms. The molecule has 1 aromatic carbocycles. The maximum absolute atomic E-state index is 12.4. The number of hydrogen-bond acceptors (Lipinski definition) is 10. The maximum Gasteiger partial charge on any atom is 0.327 e. The lowest BCUT2D eigenvalue weighted by Crippen LogP contribution is -2.32. The summed E-state index contributed by atoms with van der Waals surface area (Å²) in [6, 6.07) is 13.2. The zero-order valence-electron chi connectivity index (χ0n) is 19.3. The average molecular weight is 529 g/mol. The number of carbonyl (C=O) groups is 1. The van der Waals surface area contributed by atoms with Crippen LogP contribution < -0.4 is 10.6 Å². The Morgan fingerprint density at radius 2 is 2.14 bits per heavy atom. The summed E-state index contributed by atoms with van der Waals surface area (Å²) in [6.07, 6.45) is 2.26. The van der Waals surface area contributed by atoms with Crippen molar-refractivity contribution >= 4 is 49.1 Å². The van der Waals surface area contributed by atoms with E-state index in [2.05, 4.69) is 30.9 Å². The highest BCUT2D eigenvalue weighted by molar-refractivity contribution is 7.99. The van der Waals surface area contributed by atoms with Gasteiger partial charge < -0.3 is 24.9 Å². The number of hydrogen-bond donors (Lipinski definition) is 5. The minimum atomic E-state index is -2.38. The summed E-state index contributed by atoms with van der Waals surface area (Å²) < 4.78 is 6.81. The van der Waals surface area contributed by atoms with Crippen LogP contribution in [0.15, 0.2) is 58.7 Å². The maximum atomic E-state index is 12.4. The first-order valence-corrected chi connectivity index (χ1v) is 13.2. The van der Waals surface area contributed by atoms with Crippen LogP contribution in [0.1, 0.15) is 12.1 Å². The molecule has 0 saturated carbocycles. The van der Waals surface area contributed by atoms with Gasteiger partial charge in [-0.15, -0.1) is 5.10 Å². The third kappa shape index (κ3) is 6.19. The van der Waals surface area contributed by atoms with Gasteiger partial charge in [0.15, 0.2) is 11.6 Å². The molecule has 0 aliphatic carbocycles. The molecule has 1 amide bonds. The van der Waals surface area contributed by atoms with Crippen LogP contribution in [0.2, 0.25) is 0 Å². The molecule has 1 fully saturated rings. The lowest BCUT2D eigenvalue weighted by molar-refractivity contribution is -0.117. The molecule has 4 aromatic rings. The molecule has 3 aromatic heterocycles. The van der Waals surface area contributed by atoms with E-state index < -0.39 is 8.60 Å². The summed E-state index contributed by atoms with van der Waals surface area (Å²) in [4.78, 5) is 37.9. The van der Waals surface area contributed by atoms with Crippen LogP contribution in [0.3, 0.4) is 0 Å². The van der Waals surface area contributed by atoms with E-state index in [1.165, 1.54) is 11.8 Å². The summed E-state index contributed by atoms with van der Waals surface area (Å²) in [6.45, 7) is 3.30. The number of anilines is 3. The highest BCUT2D eigenvalue weighted by Gasteiger charge is 2.26. The van der Waals surface area contributed by atoms with E-state index in [0.29, 0.717) is 42.0 Å². The molecule has 188 valence electrons. The molecule has 5 N–H and O–H groups in total. The van der Waals surface area contributed by atoms with E-state index in [0.717, 1.165) is 16.1 Å². The van der Waals surface area contributed by atoms with Gasteiger partial charge in [-0.3, -0.25) is 14.8 Å². The van der Waals surface area contributed by atoms with Crippen LogP contribution >= 0.6 is 20.4 Å². The molecular weight excluding hydrogens is 503 g/mol. The van der Waals surface area contributed by atoms with Crippen LogP contribution in [-0.4, -0.2) is 71.1 Å². The highest BCUT2D eigenvalue weighted by atomic mass is 32.2. The van der Waals surface area contributed by atoms with Crippen molar-refractivity contribution in [3.05, 3.63) is 54.4 Å². The summed E-state index contributed by atoms with van der Waals surface area (Å²) in [5, 5.41) is 18.4. The Labute approximate surface area is 212 Å². The molecule has 1 aliphatic rings. The lowest BCUT2D eigenvalue weighted by atomic mass is 10.3. The summed E-state index contributed by atoms with van der Waals surface area (Å²) in [7, 11) is -2.38. The average Bonchev–Trinajstić information content (AvgIpc) is 3.57. The zero-order valence-corrected chi connectivity index (χ0v) is 21.0. The molecule has 1 atom stereocenters. The third-order valence-corrected chi connectivity index (χ3v) is 6.86. The number of carbonyl (C=O) groups excluding carboxylic acids is 1. The Hall–Kier alpha value is -3.06. The van der Waals surface area contributed by atoms with Crippen molar-refractivity contribution in [3.8, 4) is 0 Å². The number of nitrogens with zero attached hydrogens (tertiary/aromatic N) is 5. The van der Waals surface area contributed by atoms with Crippen LogP contribution in [0.4, 0.5) is 17.3 Å². The number of amides is 1. The monoisotopic (exact) mass is 528 g/mol. The molecule has 12 nitrogen and oxygen atoms in total. The summed E-state index contributed by atoms with van der Waals surface area (Å²) in [5.74, 6) is 1.18. The van der Waals surface area contributed by atoms with Crippen LogP contribution in [0.25, 0.3) is 5.52 Å². The minimum Gasteiger partial charge on any atom is -0.328 e. The van der Waals surface area contributed by atoms with Crippen molar-refractivity contribution in [2.75, 3.05) is 30.3 Å². The fourth-order valence-corrected chi connectivity index (χ4v) is 5.12. The van der Waals surface area contributed by atoms with E-state index in [-0.39, 0.29) is 18.6 Å². The number of aromatic nitrogens is 5. The first-order chi connectivity index (χ1) is 17.4. The fourth-order valence-electron chi connectivity index (χ4n) is 3.93. The highest BCUT2D eigenvalue weighted by Crippen LogP contribution is 2.31. The van der Waals surface area contributed by atoms with Crippen molar-refractivity contribution in [1.29, 1.82) is 0 Å². The predicted molar refractivity (Wildman–Crippen MR) is 136 cm³/mol. The molecule has 4 heterocycles. The van der Waals surface area contributed by atoms with Gasteiger partial charge in [0, 0.05) is 41.6 Å². The minimum absolute atomic E-state index is 0.142. The normalized spacial score (nSPS) is 16.2. The first kappa shape index (κ1) is 24.6. The van der Waals surface area contributed by atoms with Gasteiger partial charge in [-0.2, -0.15) is 5.10 Å². The molecule has 5 rings (SSSR count). The molecule has 1 aliphatic heterocycles. The Bertz CT molecular complexity index is 1350. The number of rotatable bonds is 9. The van der Waals surface area contributed by atoms with Crippen LogP contribution in [-0.2, 0) is 9.32 Å². The third-order valence-electron chi connectivity index (χ3n) is 5.51. The number of nitrogens with one attached hydrogen (secondary N) is 3. The Balaban J connectivity index is 1.20. The molecule has 0 bridgehead atoms. The Morgan fingerprint density at radius 3 is 2.89 bits per heavy atom. The zero-order chi connectivity index (χ0) is 25.1. The van der Waals surface area contributed by atoms with Crippen LogP contribution in [0.5, 0.6) is 0 Å².